The molecule has 1 aromatic heterocycles. The Morgan fingerprint density at radius 3 is 2.92 bits per heavy atom. The zero-order chi connectivity index (χ0) is 16.8. The highest BCUT2D eigenvalue weighted by molar-refractivity contribution is 5.84. The van der Waals surface area contributed by atoms with Crippen LogP contribution in [0.2, 0.25) is 0 Å². The van der Waals surface area contributed by atoms with Gasteiger partial charge in [-0.2, -0.15) is 0 Å². The summed E-state index contributed by atoms with van der Waals surface area (Å²) in [4.78, 5) is 16.8. The Bertz CT molecular complexity index is 675. The van der Waals surface area contributed by atoms with Crippen LogP contribution in [-0.2, 0) is 11.2 Å². The van der Waals surface area contributed by atoms with Crippen molar-refractivity contribution in [2.24, 2.45) is 5.92 Å². The van der Waals surface area contributed by atoms with E-state index in [1.807, 2.05) is 42.5 Å². The van der Waals surface area contributed by atoms with E-state index in [9.17, 15) is 9.90 Å². The molecule has 5 heteroatoms. The molecule has 0 saturated heterocycles. The number of benzene rings is 1. The number of hydrogen-bond donors (Lipinski definition) is 2. The second-order valence-corrected chi connectivity index (χ2v) is 6.05. The SMILES string of the molecule is O=C(NC[C@@H](CO)Cc1ccccn1)[C@H]1CCOc2ccccc21. The molecule has 126 valence electrons. The molecule has 1 aliphatic heterocycles. The first-order chi connectivity index (χ1) is 11.8. The Morgan fingerprint density at radius 2 is 2.12 bits per heavy atom. The molecule has 0 aliphatic carbocycles. The Hall–Kier alpha value is -2.40. The molecule has 0 bridgehead atoms. The number of nitrogens with one attached hydrogen (secondary N) is 1. The summed E-state index contributed by atoms with van der Waals surface area (Å²) in [6.07, 6.45) is 3.05. The number of aromatic nitrogens is 1. The van der Waals surface area contributed by atoms with Crippen LogP contribution in [-0.4, -0.2) is 35.8 Å². The first-order valence-electron chi connectivity index (χ1n) is 8.28. The summed E-state index contributed by atoms with van der Waals surface area (Å²) in [5.74, 6) is 0.546. The Balaban J connectivity index is 1.59. The highest BCUT2D eigenvalue weighted by atomic mass is 16.5. The van der Waals surface area contributed by atoms with Gasteiger partial charge in [0.1, 0.15) is 5.75 Å². The lowest BCUT2D eigenvalue weighted by Crippen LogP contribution is -2.36. The standard InChI is InChI=1S/C19H22N2O3/c22-13-14(11-15-5-3-4-9-20-15)12-21-19(23)17-8-10-24-18-7-2-1-6-16(17)18/h1-7,9,14,17,22H,8,10-13H2,(H,21,23)/t14-,17-/m0/s1. The number of nitrogens with zero attached hydrogens (tertiary/aromatic N) is 1. The number of para-hydroxylation sites is 1. The lowest BCUT2D eigenvalue weighted by atomic mass is 9.92. The molecule has 0 unspecified atom stereocenters. The second-order valence-electron chi connectivity index (χ2n) is 6.05. The van der Waals surface area contributed by atoms with Crippen LogP contribution in [0.5, 0.6) is 5.75 Å². The van der Waals surface area contributed by atoms with Gasteiger partial charge in [-0.1, -0.05) is 24.3 Å². The highest BCUT2D eigenvalue weighted by Gasteiger charge is 2.27. The maximum Gasteiger partial charge on any atom is 0.227 e. The van der Waals surface area contributed by atoms with Gasteiger partial charge in [0.2, 0.25) is 5.91 Å². The zero-order valence-corrected chi connectivity index (χ0v) is 13.5. The molecule has 0 saturated carbocycles. The van der Waals surface area contributed by atoms with Gasteiger partial charge in [0.25, 0.3) is 0 Å². The number of pyridine rings is 1. The number of ether oxygens (including phenoxy) is 1. The summed E-state index contributed by atoms with van der Waals surface area (Å²) in [6, 6.07) is 13.4. The van der Waals surface area contributed by atoms with Crippen molar-refractivity contribution in [1.29, 1.82) is 0 Å². The number of fused-ring (bicyclic) bond motifs is 1. The third-order valence-electron chi connectivity index (χ3n) is 4.32. The van der Waals surface area contributed by atoms with Crippen LogP contribution in [0.1, 0.15) is 23.6 Å². The minimum atomic E-state index is -0.191. The van der Waals surface area contributed by atoms with Crippen LogP contribution in [0.25, 0.3) is 0 Å². The molecule has 1 aliphatic rings. The van der Waals surface area contributed by atoms with Gasteiger partial charge in [-0.15, -0.1) is 0 Å². The Morgan fingerprint density at radius 1 is 1.29 bits per heavy atom. The van der Waals surface area contributed by atoms with Gasteiger partial charge in [0, 0.05) is 36.5 Å². The fourth-order valence-corrected chi connectivity index (χ4v) is 3.00. The Kier molecular flexibility index (Phi) is 5.43. The topological polar surface area (TPSA) is 71.5 Å². The first-order valence-corrected chi connectivity index (χ1v) is 8.28. The van der Waals surface area contributed by atoms with Gasteiger partial charge in [0.05, 0.1) is 12.5 Å². The van der Waals surface area contributed by atoms with E-state index >= 15 is 0 Å². The van der Waals surface area contributed by atoms with Crippen LogP contribution in [0.15, 0.2) is 48.7 Å². The first kappa shape index (κ1) is 16.5. The molecular weight excluding hydrogens is 304 g/mol. The smallest absolute Gasteiger partial charge is 0.227 e. The minimum absolute atomic E-state index is 0.00905. The summed E-state index contributed by atoms with van der Waals surface area (Å²) >= 11 is 0. The maximum absolute atomic E-state index is 12.6. The normalized spacial score (nSPS) is 17.5. The van der Waals surface area contributed by atoms with Crippen molar-refractivity contribution >= 4 is 5.91 Å². The second kappa shape index (κ2) is 7.93. The zero-order valence-electron chi connectivity index (χ0n) is 13.5. The van der Waals surface area contributed by atoms with E-state index in [0.29, 0.717) is 26.0 Å². The van der Waals surface area contributed by atoms with Crippen molar-refractivity contribution in [3.8, 4) is 5.75 Å². The number of rotatable bonds is 6. The molecule has 5 nitrogen and oxygen atoms in total. The van der Waals surface area contributed by atoms with Crippen molar-refractivity contribution in [2.75, 3.05) is 19.8 Å². The van der Waals surface area contributed by atoms with Crippen LogP contribution in [0.3, 0.4) is 0 Å². The average Bonchev–Trinajstić information content (AvgIpc) is 2.65. The summed E-state index contributed by atoms with van der Waals surface area (Å²) in [7, 11) is 0. The molecule has 1 amide bonds. The predicted octanol–water partition coefficient (Wildman–Crippen LogP) is 1.92. The van der Waals surface area contributed by atoms with Gasteiger partial charge in [-0.3, -0.25) is 9.78 Å². The Labute approximate surface area is 141 Å². The summed E-state index contributed by atoms with van der Waals surface area (Å²) < 4.78 is 5.60. The molecule has 2 atom stereocenters. The molecule has 2 heterocycles. The van der Waals surface area contributed by atoms with Crippen molar-refractivity contribution in [3.63, 3.8) is 0 Å². The number of aliphatic hydroxyl groups is 1. The number of hydrogen-bond acceptors (Lipinski definition) is 4. The molecular formula is C19H22N2O3. The third-order valence-corrected chi connectivity index (χ3v) is 4.32. The van der Waals surface area contributed by atoms with Gasteiger partial charge < -0.3 is 15.2 Å². The summed E-state index contributed by atoms with van der Waals surface area (Å²) in [5.41, 5.74) is 1.86. The van der Waals surface area contributed by atoms with Crippen molar-refractivity contribution in [2.45, 2.75) is 18.8 Å². The number of aliphatic hydroxyl groups excluding tert-OH is 1. The molecule has 3 rings (SSSR count). The number of carbonyl (C=O) groups excluding carboxylic acids is 1. The maximum atomic E-state index is 12.6. The molecule has 2 N–H and O–H groups in total. The molecule has 0 fully saturated rings. The van der Waals surface area contributed by atoms with E-state index in [1.54, 1.807) is 6.20 Å². The van der Waals surface area contributed by atoms with Crippen LogP contribution >= 0.6 is 0 Å². The molecule has 1 aromatic carbocycles. The van der Waals surface area contributed by atoms with E-state index in [2.05, 4.69) is 10.3 Å². The van der Waals surface area contributed by atoms with E-state index in [1.165, 1.54) is 0 Å². The average molecular weight is 326 g/mol. The predicted molar refractivity (Wildman–Crippen MR) is 90.8 cm³/mol. The number of amides is 1. The van der Waals surface area contributed by atoms with Crippen molar-refractivity contribution < 1.29 is 14.6 Å². The minimum Gasteiger partial charge on any atom is -0.493 e. The molecule has 24 heavy (non-hydrogen) atoms. The summed E-state index contributed by atoms with van der Waals surface area (Å²) in [6.45, 7) is 0.999. The van der Waals surface area contributed by atoms with Crippen LogP contribution in [0, 0.1) is 5.92 Å². The molecule has 0 spiro atoms. The monoisotopic (exact) mass is 326 g/mol. The summed E-state index contributed by atoms with van der Waals surface area (Å²) in [5, 5.41) is 12.6. The van der Waals surface area contributed by atoms with Gasteiger partial charge in [0.15, 0.2) is 0 Å². The molecule has 2 aromatic rings. The van der Waals surface area contributed by atoms with E-state index in [0.717, 1.165) is 17.0 Å². The fraction of sp³-hybridized carbons (Fsp3) is 0.368. The van der Waals surface area contributed by atoms with Crippen LogP contribution < -0.4 is 10.1 Å². The highest BCUT2D eigenvalue weighted by Crippen LogP contribution is 2.33. The fourth-order valence-electron chi connectivity index (χ4n) is 3.00. The number of carbonyl (C=O) groups is 1. The molecule has 0 radical (unpaired) electrons. The van der Waals surface area contributed by atoms with Gasteiger partial charge >= 0.3 is 0 Å². The van der Waals surface area contributed by atoms with Gasteiger partial charge in [-0.05, 0) is 31.0 Å². The van der Waals surface area contributed by atoms with E-state index in [-0.39, 0.29) is 24.3 Å². The lowest BCUT2D eigenvalue weighted by Gasteiger charge is -2.25. The van der Waals surface area contributed by atoms with Crippen molar-refractivity contribution in [3.05, 3.63) is 59.9 Å². The van der Waals surface area contributed by atoms with E-state index < -0.39 is 0 Å². The third kappa shape index (κ3) is 3.92. The van der Waals surface area contributed by atoms with Crippen LogP contribution in [0.4, 0.5) is 0 Å². The quantitative estimate of drug-likeness (QED) is 0.851. The lowest BCUT2D eigenvalue weighted by molar-refractivity contribution is -0.123. The van der Waals surface area contributed by atoms with Crippen molar-refractivity contribution in [1.82, 2.24) is 10.3 Å². The van der Waals surface area contributed by atoms with E-state index in [4.69, 9.17) is 4.74 Å². The largest absolute Gasteiger partial charge is 0.493 e. The van der Waals surface area contributed by atoms with Gasteiger partial charge in [-0.25, -0.2) is 0 Å².